The van der Waals surface area contributed by atoms with E-state index in [2.05, 4.69) is 10.4 Å². The molecule has 0 spiro atoms. The molecule has 2 heterocycles. The number of thiophene rings is 1. The number of hydrogen-bond donors (Lipinski definition) is 1. The zero-order valence-corrected chi connectivity index (χ0v) is 13.5. The molecular formula is C17H15F2N3OS. The van der Waals surface area contributed by atoms with Gasteiger partial charge < -0.3 is 5.32 Å². The van der Waals surface area contributed by atoms with Crippen molar-refractivity contribution in [2.45, 2.75) is 13.0 Å². The van der Waals surface area contributed by atoms with E-state index in [0.717, 1.165) is 23.4 Å². The molecule has 0 atom stereocenters. The van der Waals surface area contributed by atoms with Gasteiger partial charge >= 0.3 is 0 Å². The van der Waals surface area contributed by atoms with Crippen molar-refractivity contribution < 1.29 is 13.6 Å². The Kier molecular flexibility index (Phi) is 5.00. The van der Waals surface area contributed by atoms with E-state index in [4.69, 9.17) is 0 Å². The van der Waals surface area contributed by atoms with Crippen molar-refractivity contribution in [3.63, 3.8) is 0 Å². The van der Waals surface area contributed by atoms with Crippen molar-refractivity contribution in [1.29, 1.82) is 0 Å². The van der Waals surface area contributed by atoms with Gasteiger partial charge in [0.2, 0.25) is 5.91 Å². The Morgan fingerprint density at radius 2 is 2.12 bits per heavy atom. The molecule has 4 nitrogen and oxygen atoms in total. The van der Waals surface area contributed by atoms with E-state index in [9.17, 15) is 13.6 Å². The lowest BCUT2D eigenvalue weighted by Crippen LogP contribution is -2.29. The van der Waals surface area contributed by atoms with E-state index in [1.165, 1.54) is 6.07 Å². The molecule has 1 N–H and O–H groups in total. The van der Waals surface area contributed by atoms with E-state index < -0.39 is 11.6 Å². The second kappa shape index (κ2) is 7.35. The van der Waals surface area contributed by atoms with Crippen molar-refractivity contribution in [2.24, 2.45) is 0 Å². The molecule has 0 fully saturated rings. The van der Waals surface area contributed by atoms with Crippen molar-refractivity contribution in [3.05, 3.63) is 64.5 Å². The maximum Gasteiger partial charge on any atom is 0.224 e. The van der Waals surface area contributed by atoms with E-state index in [0.29, 0.717) is 13.1 Å². The van der Waals surface area contributed by atoms with Crippen LogP contribution in [-0.4, -0.2) is 22.2 Å². The van der Waals surface area contributed by atoms with Gasteiger partial charge in [-0.2, -0.15) is 16.4 Å². The highest BCUT2D eigenvalue weighted by Crippen LogP contribution is 2.19. The molecule has 124 valence electrons. The first-order valence-corrected chi connectivity index (χ1v) is 8.33. The summed E-state index contributed by atoms with van der Waals surface area (Å²) in [7, 11) is 0. The fourth-order valence-corrected chi connectivity index (χ4v) is 2.91. The summed E-state index contributed by atoms with van der Waals surface area (Å²) in [6.07, 6.45) is 1.73. The predicted molar refractivity (Wildman–Crippen MR) is 88.6 cm³/mol. The van der Waals surface area contributed by atoms with E-state index >= 15 is 0 Å². The number of halogens is 2. The summed E-state index contributed by atoms with van der Waals surface area (Å²) in [5, 5.41) is 11.1. The van der Waals surface area contributed by atoms with Gasteiger partial charge in [0, 0.05) is 29.8 Å². The fraction of sp³-hybridized carbons (Fsp3) is 0.176. The fourth-order valence-electron chi connectivity index (χ4n) is 2.26. The first kappa shape index (κ1) is 16.3. The molecule has 0 aliphatic carbocycles. The molecule has 0 unspecified atom stereocenters. The number of benzene rings is 1. The van der Waals surface area contributed by atoms with Gasteiger partial charge in [-0.25, -0.2) is 8.78 Å². The van der Waals surface area contributed by atoms with Crippen molar-refractivity contribution in [3.8, 4) is 11.3 Å². The Labute approximate surface area is 141 Å². The van der Waals surface area contributed by atoms with Gasteiger partial charge in [-0.3, -0.25) is 9.48 Å². The average Bonchev–Trinajstić information content (AvgIpc) is 3.21. The number of rotatable bonds is 6. The summed E-state index contributed by atoms with van der Waals surface area (Å²) in [5.74, 6) is -1.68. The quantitative estimate of drug-likeness (QED) is 0.744. The predicted octanol–water partition coefficient (Wildman–Crippen LogP) is 3.25. The van der Waals surface area contributed by atoms with Crippen LogP contribution in [0.4, 0.5) is 8.78 Å². The minimum Gasteiger partial charge on any atom is -0.354 e. The lowest BCUT2D eigenvalue weighted by Gasteiger charge is -2.06. The first-order valence-electron chi connectivity index (χ1n) is 7.38. The molecule has 7 heteroatoms. The Bertz CT molecular complexity index is 830. The molecule has 0 radical (unpaired) electrons. The van der Waals surface area contributed by atoms with Crippen LogP contribution in [0.1, 0.15) is 5.56 Å². The van der Waals surface area contributed by atoms with Gasteiger partial charge in [-0.05, 0) is 29.1 Å². The molecular weight excluding hydrogens is 332 g/mol. The van der Waals surface area contributed by atoms with Gasteiger partial charge in [0.1, 0.15) is 11.6 Å². The van der Waals surface area contributed by atoms with Crippen molar-refractivity contribution >= 4 is 17.2 Å². The number of nitrogens with one attached hydrogen (secondary N) is 1. The van der Waals surface area contributed by atoms with Crippen molar-refractivity contribution in [1.82, 2.24) is 15.1 Å². The summed E-state index contributed by atoms with van der Waals surface area (Å²) in [6.45, 7) is 0.897. The van der Waals surface area contributed by atoms with Crippen LogP contribution in [0.2, 0.25) is 0 Å². The SMILES string of the molecule is O=C(Cc1ccc(F)cc1F)NCCn1ccc(-c2ccsc2)n1. The van der Waals surface area contributed by atoms with Crippen LogP contribution in [0.5, 0.6) is 0 Å². The molecule has 0 aliphatic rings. The molecule has 1 aromatic carbocycles. The first-order chi connectivity index (χ1) is 11.6. The standard InChI is InChI=1S/C17H15F2N3OS/c18-14-2-1-12(15(19)10-14)9-17(23)20-5-7-22-6-3-16(21-22)13-4-8-24-11-13/h1-4,6,8,10-11H,5,7,9H2,(H,20,23). The van der Waals surface area contributed by atoms with Gasteiger partial charge in [-0.1, -0.05) is 6.07 Å². The molecule has 3 rings (SSSR count). The van der Waals surface area contributed by atoms with Crippen LogP contribution in [-0.2, 0) is 17.8 Å². The molecule has 2 aromatic heterocycles. The number of carbonyl (C=O) groups excluding carboxylic acids is 1. The minimum atomic E-state index is -0.711. The summed E-state index contributed by atoms with van der Waals surface area (Å²) < 4.78 is 28.1. The molecule has 0 bridgehead atoms. The largest absolute Gasteiger partial charge is 0.354 e. The molecule has 3 aromatic rings. The normalized spacial score (nSPS) is 10.8. The summed E-state index contributed by atoms with van der Waals surface area (Å²) >= 11 is 1.61. The zero-order chi connectivity index (χ0) is 16.9. The highest BCUT2D eigenvalue weighted by molar-refractivity contribution is 7.08. The molecule has 1 amide bonds. The van der Waals surface area contributed by atoms with E-state index in [-0.39, 0.29) is 17.9 Å². The third kappa shape index (κ3) is 4.05. The molecule has 0 saturated carbocycles. The Balaban J connectivity index is 1.48. The van der Waals surface area contributed by atoms with Crippen LogP contribution >= 0.6 is 11.3 Å². The summed E-state index contributed by atoms with van der Waals surface area (Å²) in [5.41, 5.74) is 2.12. The maximum absolute atomic E-state index is 13.5. The number of hydrogen-bond acceptors (Lipinski definition) is 3. The third-order valence-corrected chi connectivity index (χ3v) is 4.17. The Hall–Kier alpha value is -2.54. The lowest BCUT2D eigenvalue weighted by molar-refractivity contribution is -0.120. The Morgan fingerprint density at radius 3 is 2.88 bits per heavy atom. The second-order valence-electron chi connectivity index (χ2n) is 5.24. The number of nitrogens with zero attached hydrogens (tertiary/aromatic N) is 2. The maximum atomic E-state index is 13.5. The third-order valence-electron chi connectivity index (χ3n) is 3.49. The van der Waals surface area contributed by atoms with E-state index in [1.807, 2.05) is 29.1 Å². The van der Waals surface area contributed by atoms with Crippen LogP contribution in [0, 0.1) is 11.6 Å². The average molecular weight is 347 g/mol. The molecule has 24 heavy (non-hydrogen) atoms. The highest BCUT2D eigenvalue weighted by Gasteiger charge is 2.09. The van der Waals surface area contributed by atoms with Gasteiger partial charge in [0.15, 0.2) is 0 Å². The lowest BCUT2D eigenvalue weighted by atomic mass is 10.1. The van der Waals surface area contributed by atoms with E-state index in [1.54, 1.807) is 16.0 Å². The van der Waals surface area contributed by atoms with Crippen molar-refractivity contribution in [2.75, 3.05) is 6.54 Å². The zero-order valence-electron chi connectivity index (χ0n) is 12.7. The van der Waals surface area contributed by atoms with Gasteiger partial charge in [0.05, 0.1) is 18.7 Å². The minimum absolute atomic E-state index is 0.120. The second-order valence-corrected chi connectivity index (χ2v) is 6.02. The topological polar surface area (TPSA) is 46.9 Å². The van der Waals surface area contributed by atoms with Gasteiger partial charge in [0.25, 0.3) is 0 Å². The van der Waals surface area contributed by atoms with Crippen LogP contribution in [0.3, 0.4) is 0 Å². The smallest absolute Gasteiger partial charge is 0.224 e. The van der Waals surface area contributed by atoms with Gasteiger partial charge in [-0.15, -0.1) is 0 Å². The monoisotopic (exact) mass is 347 g/mol. The molecule has 0 aliphatic heterocycles. The van der Waals surface area contributed by atoms with Crippen LogP contribution in [0.25, 0.3) is 11.3 Å². The highest BCUT2D eigenvalue weighted by atomic mass is 32.1. The number of carbonyl (C=O) groups is 1. The molecule has 0 saturated heterocycles. The van der Waals surface area contributed by atoms with Crippen LogP contribution in [0.15, 0.2) is 47.3 Å². The summed E-state index contributed by atoms with van der Waals surface area (Å²) in [6, 6.07) is 7.11. The Morgan fingerprint density at radius 1 is 1.25 bits per heavy atom. The number of amides is 1. The van der Waals surface area contributed by atoms with Crippen LogP contribution < -0.4 is 5.32 Å². The number of aromatic nitrogens is 2. The summed E-state index contributed by atoms with van der Waals surface area (Å²) in [4.78, 5) is 11.8.